The van der Waals surface area contributed by atoms with E-state index in [9.17, 15) is 0 Å². The normalized spacial score (nSPS) is 11.2. The quantitative estimate of drug-likeness (QED) is 0.419. The van der Waals surface area contributed by atoms with Gasteiger partial charge in [-0.15, -0.1) is 0 Å². The minimum absolute atomic E-state index is 0. The molecule has 0 aromatic rings. The van der Waals surface area contributed by atoms with Gasteiger partial charge in [0, 0.05) is 40.5 Å². The van der Waals surface area contributed by atoms with Crippen LogP contribution in [0.4, 0.5) is 0 Å². The summed E-state index contributed by atoms with van der Waals surface area (Å²) < 4.78 is 15.9. The molecule has 0 aromatic heterocycles. The molecule has 0 rings (SSSR count). The van der Waals surface area contributed by atoms with Crippen LogP contribution in [-0.2, 0) is 13.3 Å². The first-order chi connectivity index (χ1) is 6.74. The van der Waals surface area contributed by atoms with Crippen LogP contribution in [0.1, 0.15) is 6.42 Å². The zero-order chi connectivity index (χ0) is 10.9. The summed E-state index contributed by atoms with van der Waals surface area (Å²) in [6, 6.07) is 0.827. The molecule has 0 aromatic carbocycles. The van der Waals surface area contributed by atoms with Gasteiger partial charge in [-0.3, -0.25) is 0 Å². The summed E-state index contributed by atoms with van der Waals surface area (Å²) in [5.41, 5.74) is 5.35. The van der Waals surface area contributed by atoms with Gasteiger partial charge in [-0.25, -0.2) is 0 Å². The summed E-state index contributed by atoms with van der Waals surface area (Å²) in [7, 11) is 2.55. The van der Waals surface area contributed by atoms with Gasteiger partial charge in [-0.2, -0.15) is 0 Å². The Balaban J connectivity index is 0. The van der Waals surface area contributed by atoms with Gasteiger partial charge in [0.05, 0.1) is 0 Å². The van der Waals surface area contributed by atoms with Crippen molar-refractivity contribution in [3.63, 3.8) is 0 Å². The van der Waals surface area contributed by atoms with E-state index >= 15 is 0 Å². The van der Waals surface area contributed by atoms with Gasteiger partial charge in [0.1, 0.15) is 0 Å². The number of rotatable bonds is 9. The van der Waals surface area contributed by atoms with Crippen LogP contribution in [0, 0.1) is 0 Å². The molecule has 15 heavy (non-hydrogen) atoms. The van der Waals surface area contributed by atoms with Crippen molar-refractivity contribution in [2.45, 2.75) is 12.5 Å². The van der Waals surface area contributed by atoms with Gasteiger partial charge in [-0.1, -0.05) is 0 Å². The Morgan fingerprint density at radius 2 is 1.60 bits per heavy atom. The Labute approximate surface area is 136 Å². The monoisotopic (exact) mass is 262 g/mol. The van der Waals surface area contributed by atoms with Gasteiger partial charge in [0.25, 0.3) is 0 Å². The maximum absolute atomic E-state index is 5.35. The molecule has 0 fully saturated rings. The van der Waals surface area contributed by atoms with Crippen LogP contribution in [-0.4, -0.2) is 101 Å². The number of nitrogens with one attached hydrogen (secondary N) is 1. The predicted octanol–water partition coefficient (Wildman–Crippen LogP) is -0.846. The van der Waals surface area contributed by atoms with Crippen LogP contribution in [0.25, 0.3) is 0 Å². The Morgan fingerprint density at radius 1 is 1.07 bits per heavy atom. The van der Waals surface area contributed by atoms with Gasteiger partial charge < -0.3 is 24.3 Å². The third-order valence-electron chi connectivity index (χ3n) is 2.09. The molecular weight excluding hydrogens is 239 g/mol. The Hall–Kier alpha value is 1.65. The second-order valence-corrected chi connectivity index (χ2v) is 6.03. The zero-order valence-electron chi connectivity index (χ0n) is 9.34. The molecular formula is C8H23KN2O3Si. The van der Waals surface area contributed by atoms with Gasteiger partial charge >= 0.3 is 60.2 Å². The van der Waals surface area contributed by atoms with Crippen molar-refractivity contribution in [1.82, 2.24) is 5.32 Å². The van der Waals surface area contributed by atoms with E-state index in [0.717, 1.165) is 25.6 Å². The first-order valence-electron chi connectivity index (χ1n) is 4.81. The molecule has 0 unspecified atom stereocenters. The molecule has 7 heteroatoms. The van der Waals surface area contributed by atoms with E-state index in [1.807, 2.05) is 0 Å². The second-order valence-electron chi connectivity index (χ2n) is 2.94. The first-order valence-corrected chi connectivity index (χ1v) is 6.74. The number of nitrogens with two attached hydrogens (primary N) is 1. The van der Waals surface area contributed by atoms with Crippen molar-refractivity contribution in [1.29, 1.82) is 0 Å². The Kier molecular flexibility index (Phi) is 15.4. The summed E-state index contributed by atoms with van der Waals surface area (Å²) in [5.74, 6) is 0. The average molecular weight is 262 g/mol. The van der Waals surface area contributed by atoms with E-state index in [4.69, 9.17) is 19.0 Å². The standard InChI is InChI=1S/C8H22N2O3Si.K.H/c1-11-14(12-2,13-3)8-4-6-10-7-5-9;;/h10H,4-9H2,1-3H3;;. The number of hydrogen-bond donors (Lipinski definition) is 2. The SMILES string of the molecule is CO[Si](CCCNCCN)(OC)OC.[KH]. The fraction of sp³-hybridized carbons (Fsp3) is 1.00. The third-order valence-corrected chi connectivity index (χ3v) is 4.92. The summed E-state index contributed by atoms with van der Waals surface area (Å²) >= 11 is 0. The number of hydrogen-bond acceptors (Lipinski definition) is 5. The molecule has 0 saturated carbocycles. The van der Waals surface area contributed by atoms with E-state index in [1.54, 1.807) is 21.3 Å². The molecule has 88 valence electrons. The van der Waals surface area contributed by atoms with Crippen molar-refractivity contribution in [2.75, 3.05) is 41.0 Å². The molecule has 0 atom stereocenters. The molecule has 0 amide bonds. The van der Waals surface area contributed by atoms with Crippen LogP contribution in [0.5, 0.6) is 0 Å². The fourth-order valence-corrected chi connectivity index (χ4v) is 2.94. The summed E-state index contributed by atoms with van der Waals surface area (Å²) in [4.78, 5) is 0. The van der Waals surface area contributed by atoms with Crippen LogP contribution < -0.4 is 11.1 Å². The predicted molar refractivity (Wildman–Crippen MR) is 65.3 cm³/mol. The molecule has 0 bridgehead atoms. The van der Waals surface area contributed by atoms with Crippen molar-refractivity contribution >= 4 is 60.2 Å². The van der Waals surface area contributed by atoms with Gasteiger partial charge in [0.15, 0.2) is 0 Å². The van der Waals surface area contributed by atoms with Gasteiger partial charge in [0.2, 0.25) is 0 Å². The van der Waals surface area contributed by atoms with E-state index < -0.39 is 8.80 Å². The van der Waals surface area contributed by atoms with Crippen molar-refractivity contribution in [2.24, 2.45) is 5.73 Å². The third kappa shape index (κ3) is 8.39. The summed E-state index contributed by atoms with van der Waals surface area (Å²) in [6.07, 6.45) is 0.974. The fourth-order valence-electron chi connectivity index (χ4n) is 1.21. The molecule has 0 spiro atoms. The maximum atomic E-state index is 5.35. The van der Waals surface area contributed by atoms with Crippen LogP contribution in [0.3, 0.4) is 0 Å². The molecule has 0 aliphatic rings. The van der Waals surface area contributed by atoms with E-state index in [0.29, 0.717) is 6.54 Å². The molecule has 0 heterocycles. The van der Waals surface area contributed by atoms with Crippen LogP contribution in [0.2, 0.25) is 6.04 Å². The molecule has 0 radical (unpaired) electrons. The molecule has 0 saturated heterocycles. The van der Waals surface area contributed by atoms with E-state index in [2.05, 4.69) is 5.32 Å². The topological polar surface area (TPSA) is 65.7 Å². The Bertz CT molecular complexity index is 131. The minimum atomic E-state index is -2.35. The van der Waals surface area contributed by atoms with Crippen molar-refractivity contribution in [3.05, 3.63) is 0 Å². The van der Waals surface area contributed by atoms with Crippen LogP contribution >= 0.6 is 0 Å². The van der Waals surface area contributed by atoms with E-state index in [-0.39, 0.29) is 51.4 Å². The zero-order valence-corrected chi connectivity index (χ0v) is 10.3. The summed E-state index contributed by atoms with van der Waals surface area (Å²) in [5, 5.41) is 3.21. The first kappa shape index (κ1) is 19.0. The van der Waals surface area contributed by atoms with Crippen LogP contribution in [0.15, 0.2) is 0 Å². The molecule has 3 N–H and O–H groups in total. The average Bonchev–Trinajstić information content (AvgIpc) is 2.24. The molecule has 0 aliphatic heterocycles. The van der Waals surface area contributed by atoms with Gasteiger partial charge in [-0.05, 0) is 13.0 Å². The molecule has 5 nitrogen and oxygen atoms in total. The summed E-state index contributed by atoms with van der Waals surface area (Å²) in [6.45, 7) is 2.44. The van der Waals surface area contributed by atoms with Crippen molar-refractivity contribution in [3.8, 4) is 0 Å². The van der Waals surface area contributed by atoms with Crippen molar-refractivity contribution < 1.29 is 13.3 Å². The Morgan fingerprint density at radius 3 is 2.00 bits per heavy atom. The van der Waals surface area contributed by atoms with E-state index in [1.165, 1.54) is 0 Å². The second kappa shape index (κ2) is 12.1. The molecule has 0 aliphatic carbocycles.